The number of carbonyl (C=O) groups is 1. The first-order chi connectivity index (χ1) is 9.16. The van der Waals surface area contributed by atoms with Crippen molar-refractivity contribution >= 4 is 11.5 Å². The summed E-state index contributed by atoms with van der Waals surface area (Å²) >= 11 is 0. The minimum Gasteiger partial charge on any atom is -0.476 e. The lowest BCUT2D eigenvalue weighted by molar-refractivity contribution is 0.0690. The van der Waals surface area contributed by atoms with E-state index in [-0.39, 0.29) is 5.69 Å². The van der Waals surface area contributed by atoms with Gasteiger partial charge in [-0.15, -0.1) is 0 Å². The molecule has 0 unspecified atom stereocenters. The molecule has 0 atom stereocenters. The molecule has 0 amide bonds. The Hall–Kier alpha value is -2.69. The first kappa shape index (κ1) is 11.4. The summed E-state index contributed by atoms with van der Waals surface area (Å²) in [6.07, 6.45) is 2.81. The Morgan fingerprint density at radius 1 is 1.21 bits per heavy atom. The fourth-order valence-electron chi connectivity index (χ4n) is 2.13. The van der Waals surface area contributed by atoms with Crippen LogP contribution < -0.4 is 0 Å². The van der Waals surface area contributed by atoms with Crippen LogP contribution in [0.15, 0.2) is 42.7 Å². The minimum absolute atomic E-state index is 0.0546. The predicted octanol–water partition coefficient (Wildman–Crippen LogP) is 2.40. The summed E-state index contributed by atoms with van der Waals surface area (Å²) in [5, 5.41) is 8.97. The van der Waals surface area contributed by atoms with Gasteiger partial charge in [0.25, 0.3) is 0 Å². The standard InChI is InChI=1S/C14H11N3O2/c1-9-3-2-4-10-5-6-13(17(9)10)11-7-15-8-12(16-11)14(18)19/h2-8H,1H3,(H,18,19). The number of fused-ring (bicyclic) bond motifs is 1. The summed E-state index contributed by atoms with van der Waals surface area (Å²) in [6.45, 7) is 1.99. The monoisotopic (exact) mass is 253 g/mol. The Labute approximate surface area is 109 Å². The number of hydrogen-bond donors (Lipinski definition) is 1. The van der Waals surface area contributed by atoms with E-state index in [0.29, 0.717) is 5.69 Å². The Balaban J connectivity index is 2.25. The summed E-state index contributed by atoms with van der Waals surface area (Å²) in [5.74, 6) is -1.08. The molecule has 19 heavy (non-hydrogen) atoms. The molecule has 0 spiro atoms. The largest absolute Gasteiger partial charge is 0.476 e. The van der Waals surface area contributed by atoms with E-state index in [1.54, 1.807) is 6.20 Å². The molecule has 3 aromatic rings. The maximum atomic E-state index is 10.9. The van der Waals surface area contributed by atoms with Crippen LogP contribution in [-0.2, 0) is 0 Å². The number of carboxylic acid groups (broad SMARTS) is 1. The fraction of sp³-hybridized carbons (Fsp3) is 0.0714. The van der Waals surface area contributed by atoms with Crippen LogP contribution in [-0.4, -0.2) is 25.4 Å². The van der Waals surface area contributed by atoms with Crippen LogP contribution in [0.2, 0.25) is 0 Å². The third-order valence-electron chi connectivity index (χ3n) is 2.98. The van der Waals surface area contributed by atoms with Crippen LogP contribution in [0.1, 0.15) is 16.2 Å². The van der Waals surface area contributed by atoms with E-state index in [2.05, 4.69) is 9.97 Å². The van der Waals surface area contributed by atoms with Crippen molar-refractivity contribution in [1.29, 1.82) is 0 Å². The van der Waals surface area contributed by atoms with Gasteiger partial charge in [0.2, 0.25) is 0 Å². The molecule has 0 saturated carbocycles. The Kier molecular flexibility index (Phi) is 2.52. The van der Waals surface area contributed by atoms with Crippen LogP contribution >= 0.6 is 0 Å². The molecule has 0 aromatic carbocycles. The van der Waals surface area contributed by atoms with Crippen molar-refractivity contribution in [2.24, 2.45) is 0 Å². The molecular weight excluding hydrogens is 242 g/mol. The second-order valence-corrected chi connectivity index (χ2v) is 4.24. The van der Waals surface area contributed by atoms with Gasteiger partial charge in [-0.3, -0.25) is 4.98 Å². The summed E-state index contributed by atoms with van der Waals surface area (Å²) in [6, 6.07) is 9.85. The highest BCUT2D eigenvalue weighted by molar-refractivity contribution is 5.85. The number of rotatable bonds is 2. The summed E-state index contributed by atoms with van der Waals surface area (Å²) in [4.78, 5) is 19.0. The highest BCUT2D eigenvalue weighted by Gasteiger charge is 2.11. The molecule has 3 rings (SSSR count). The van der Waals surface area contributed by atoms with Crippen LogP contribution in [0.4, 0.5) is 0 Å². The highest BCUT2D eigenvalue weighted by atomic mass is 16.4. The number of nitrogens with zero attached hydrogens (tertiary/aromatic N) is 3. The summed E-state index contributed by atoms with van der Waals surface area (Å²) in [5.41, 5.74) is 3.43. The van der Waals surface area contributed by atoms with Gasteiger partial charge < -0.3 is 9.51 Å². The van der Waals surface area contributed by atoms with E-state index in [1.807, 2.05) is 41.7 Å². The normalized spacial score (nSPS) is 10.8. The number of aromatic nitrogens is 3. The maximum absolute atomic E-state index is 10.9. The molecule has 0 fully saturated rings. The topological polar surface area (TPSA) is 67.5 Å². The molecule has 0 aliphatic rings. The smallest absolute Gasteiger partial charge is 0.356 e. The highest BCUT2D eigenvalue weighted by Crippen LogP contribution is 2.22. The molecule has 0 aliphatic carbocycles. The van der Waals surface area contributed by atoms with E-state index < -0.39 is 5.97 Å². The fourth-order valence-corrected chi connectivity index (χ4v) is 2.13. The Bertz CT molecular complexity index is 777. The number of aryl methyl sites for hydroxylation is 1. The van der Waals surface area contributed by atoms with Crippen molar-refractivity contribution in [3.63, 3.8) is 0 Å². The van der Waals surface area contributed by atoms with Crippen molar-refractivity contribution in [3.05, 3.63) is 54.1 Å². The second kappa shape index (κ2) is 4.20. The van der Waals surface area contributed by atoms with E-state index in [0.717, 1.165) is 16.9 Å². The van der Waals surface area contributed by atoms with Gasteiger partial charge in [0.05, 0.1) is 18.1 Å². The van der Waals surface area contributed by atoms with Crippen molar-refractivity contribution in [1.82, 2.24) is 14.4 Å². The van der Waals surface area contributed by atoms with Crippen LogP contribution in [0.3, 0.4) is 0 Å². The van der Waals surface area contributed by atoms with Crippen molar-refractivity contribution in [3.8, 4) is 11.4 Å². The molecule has 94 valence electrons. The number of carboxylic acids is 1. The van der Waals surface area contributed by atoms with Crippen molar-refractivity contribution < 1.29 is 9.90 Å². The van der Waals surface area contributed by atoms with E-state index in [1.165, 1.54) is 6.20 Å². The third-order valence-corrected chi connectivity index (χ3v) is 2.98. The van der Waals surface area contributed by atoms with E-state index >= 15 is 0 Å². The first-order valence-corrected chi connectivity index (χ1v) is 5.79. The Morgan fingerprint density at radius 2 is 2.05 bits per heavy atom. The van der Waals surface area contributed by atoms with Gasteiger partial charge in [-0.05, 0) is 31.2 Å². The lowest BCUT2D eigenvalue weighted by Crippen LogP contribution is -2.03. The summed E-state index contributed by atoms with van der Waals surface area (Å²) < 4.78 is 2.02. The average molecular weight is 253 g/mol. The molecule has 5 heteroatoms. The quantitative estimate of drug-likeness (QED) is 0.761. The average Bonchev–Trinajstić information content (AvgIpc) is 2.84. The number of aromatic carboxylic acids is 1. The molecule has 3 aromatic heterocycles. The first-order valence-electron chi connectivity index (χ1n) is 5.79. The zero-order valence-corrected chi connectivity index (χ0v) is 10.2. The van der Waals surface area contributed by atoms with Crippen molar-refractivity contribution in [2.75, 3.05) is 0 Å². The predicted molar refractivity (Wildman–Crippen MR) is 70.1 cm³/mol. The Morgan fingerprint density at radius 3 is 2.84 bits per heavy atom. The molecular formula is C14H11N3O2. The molecule has 0 bridgehead atoms. The van der Waals surface area contributed by atoms with Gasteiger partial charge >= 0.3 is 5.97 Å². The molecule has 0 saturated heterocycles. The molecule has 0 radical (unpaired) electrons. The summed E-state index contributed by atoms with van der Waals surface area (Å²) in [7, 11) is 0. The van der Waals surface area contributed by atoms with E-state index in [4.69, 9.17) is 5.11 Å². The SMILES string of the molecule is Cc1cccc2ccc(-c3cncc(C(=O)O)n3)n12. The lowest BCUT2D eigenvalue weighted by atomic mass is 10.3. The molecule has 5 nitrogen and oxygen atoms in total. The molecule has 3 heterocycles. The van der Waals surface area contributed by atoms with Gasteiger partial charge in [-0.25, -0.2) is 9.78 Å². The van der Waals surface area contributed by atoms with E-state index in [9.17, 15) is 4.79 Å². The lowest BCUT2D eigenvalue weighted by Gasteiger charge is -2.06. The molecule has 0 aliphatic heterocycles. The van der Waals surface area contributed by atoms with Crippen LogP contribution in [0.5, 0.6) is 0 Å². The number of pyridine rings is 1. The van der Waals surface area contributed by atoms with Gasteiger partial charge in [-0.2, -0.15) is 0 Å². The maximum Gasteiger partial charge on any atom is 0.356 e. The van der Waals surface area contributed by atoms with Crippen LogP contribution in [0.25, 0.3) is 16.9 Å². The van der Waals surface area contributed by atoms with Gasteiger partial charge in [0.1, 0.15) is 5.69 Å². The van der Waals surface area contributed by atoms with Gasteiger partial charge in [-0.1, -0.05) is 6.07 Å². The second-order valence-electron chi connectivity index (χ2n) is 4.24. The number of hydrogen-bond acceptors (Lipinski definition) is 3. The zero-order chi connectivity index (χ0) is 13.4. The third kappa shape index (κ3) is 1.85. The zero-order valence-electron chi connectivity index (χ0n) is 10.2. The minimum atomic E-state index is -1.08. The molecule has 1 N–H and O–H groups in total. The van der Waals surface area contributed by atoms with Crippen LogP contribution in [0, 0.1) is 6.92 Å². The van der Waals surface area contributed by atoms with Gasteiger partial charge in [0.15, 0.2) is 5.69 Å². The van der Waals surface area contributed by atoms with Crippen molar-refractivity contribution in [2.45, 2.75) is 6.92 Å². The van der Waals surface area contributed by atoms with Gasteiger partial charge in [0, 0.05) is 11.2 Å².